The first-order valence-corrected chi connectivity index (χ1v) is 13.7. The van der Waals surface area contributed by atoms with E-state index in [-0.39, 0.29) is 40.9 Å². The number of piperazine rings is 1. The van der Waals surface area contributed by atoms with Crippen LogP contribution in [0.3, 0.4) is 0 Å². The second-order valence-electron chi connectivity index (χ2n) is 6.92. The van der Waals surface area contributed by atoms with Gasteiger partial charge < -0.3 is 9.47 Å². The number of benzene rings is 2. The molecule has 0 spiro atoms. The molecule has 0 amide bonds. The maximum Gasteiger partial charge on any atom is 0.247 e. The highest BCUT2D eigenvalue weighted by Crippen LogP contribution is 2.34. The maximum absolute atomic E-state index is 13.3. The van der Waals surface area contributed by atoms with Gasteiger partial charge in [-0.25, -0.2) is 16.8 Å². The molecule has 3 rings (SSSR count). The van der Waals surface area contributed by atoms with E-state index in [1.54, 1.807) is 31.2 Å². The van der Waals surface area contributed by atoms with Gasteiger partial charge in [-0.05, 0) is 43.3 Å². The van der Waals surface area contributed by atoms with Crippen molar-refractivity contribution in [1.29, 1.82) is 0 Å². The topological polar surface area (TPSA) is 93.2 Å². The van der Waals surface area contributed by atoms with Crippen LogP contribution in [0.1, 0.15) is 6.92 Å². The lowest BCUT2D eigenvalue weighted by molar-refractivity contribution is 0.212. The lowest BCUT2D eigenvalue weighted by Gasteiger charge is -2.38. The largest absolute Gasteiger partial charge is 0.495 e. The van der Waals surface area contributed by atoms with Crippen molar-refractivity contribution in [1.82, 2.24) is 8.61 Å². The number of methoxy groups -OCH3 is 2. The van der Waals surface area contributed by atoms with Gasteiger partial charge in [-0.2, -0.15) is 8.61 Å². The first-order valence-electron chi connectivity index (χ1n) is 9.21. The summed E-state index contributed by atoms with van der Waals surface area (Å²) in [6, 6.07) is 8.90. The Kier molecular flexibility index (Phi) is 7.38. The molecule has 31 heavy (non-hydrogen) atoms. The summed E-state index contributed by atoms with van der Waals surface area (Å²) in [5.41, 5.74) is 0. The summed E-state index contributed by atoms with van der Waals surface area (Å²) in [4.78, 5) is 0.0581. The summed E-state index contributed by atoms with van der Waals surface area (Å²) in [5, 5.41) is 0. The fraction of sp³-hybridized carbons (Fsp3) is 0.368. The summed E-state index contributed by atoms with van der Waals surface area (Å²) in [6.07, 6.45) is 0. The van der Waals surface area contributed by atoms with E-state index in [1.165, 1.54) is 35.0 Å². The zero-order valence-corrected chi connectivity index (χ0v) is 21.9. The zero-order chi connectivity index (χ0) is 23.0. The smallest absolute Gasteiger partial charge is 0.247 e. The van der Waals surface area contributed by atoms with Gasteiger partial charge in [0.1, 0.15) is 21.3 Å². The molecule has 1 atom stereocenters. The molecule has 1 saturated heterocycles. The number of halogens is 2. The van der Waals surface area contributed by atoms with E-state index in [4.69, 9.17) is 9.47 Å². The first-order chi connectivity index (χ1) is 14.5. The molecule has 8 nitrogen and oxygen atoms in total. The average Bonchev–Trinajstić information content (AvgIpc) is 2.73. The van der Waals surface area contributed by atoms with E-state index in [9.17, 15) is 16.8 Å². The fourth-order valence-electron chi connectivity index (χ4n) is 3.45. The van der Waals surface area contributed by atoms with E-state index in [2.05, 4.69) is 31.9 Å². The van der Waals surface area contributed by atoms with Crippen LogP contribution in [-0.4, -0.2) is 65.3 Å². The Balaban J connectivity index is 1.91. The minimum absolute atomic E-state index is 0.00749. The van der Waals surface area contributed by atoms with Crippen molar-refractivity contribution in [2.45, 2.75) is 22.8 Å². The third-order valence-corrected chi connectivity index (χ3v) is 9.89. The molecule has 0 radical (unpaired) electrons. The molecule has 0 unspecified atom stereocenters. The van der Waals surface area contributed by atoms with Crippen LogP contribution in [0.4, 0.5) is 0 Å². The van der Waals surface area contributed by atoms with Crippen LogP contribution in [0.2, 0.25) is 0 Å². The maximum atomic E-state index is 13.3. The number of nitrogens with zero attached hydrogens (tertiary/aromatic N) is 2. The van der Waals surface area contributed by atoms with Gasteiger partial charge in [0.15, 0.2) is 0 Å². The van der Waals surface area contributed by atoms with Gasteiger partial charge in [0, 0.05) is 34.6 Å². The van der Waals surface area contributed by atoms with Gasteiger partial charge in [-0.1, -0.05) is 31.9 Å². The van der Waals surface area contributed by atoms with Gasteiger partial charge in [-0.3, -0.25) is 0 Å². The van der Waals surface area contributed by atoms with Crippen LogP contribution < -0.4 is 9.47 Å². The Labute approximate surface area is 199 Å². The van der Waals surface area contributed by atoms with E-state index >= 15 is 0 Å². The van der Waals surface area contributed by atoms with Crippen LogP contribution in [0.15, 0.2) is 55.1 Å². The van der Waals surface area contributed by atoms with Crippen LogP contribution in [-0.2, 0) is 20.0 Å². The molecule has 170 valence electrons. The Bertz CT molecular complexity index is 1190. The molecule has 1 aliphatic heterocycles. The van der Waals surface area contributed by atoms with Crippen molar-refractivity contribution in [2.75, 3.05) is 33.9 Å². The van der Waals surface area contributed by atoms with Gasteiger partial charge in [0.25, 0.3) is 0 Å². The summed E-state index contributed by atoms with van der Waals surface area (Å²) >= 11 is 6.59. The van der Waals surface area contributed by atoms with Gasteiger partial charge in [0.05, 0.1) is 14.2 Å². The fourth-order valence-corrected chi connectivity index (χ4v) is 7.97. The molecule has 1 fully saturated rings. The van der Waals surface area contributed by atoms with E-state index < -0.39 is 26.1 Å². The number of hydrogen-bond acceptors (Lipinski definition) is 6. The standard InChI is InChI=1S/C19H22Br2N2O6S2/c1-13-12-22(30(24,25)18-10-14(20)4-6-16(18)28-2)8-9-23(13)31(26,27)19-11-15(21)5-7-17(19)29-3/h4-7,10-11,13H,8-9,12H2,1-3H3/t13-/m0/s1. The van der Waals surface area contributed by atoms with Crippen molar-refractivity contribution in [2.24, 2.45) is 0 Å². The van der Waals surface area contributed by atoms with Gasteiger partial charge in [0.2, 0.25) is 20.0 Å². The van der Waals surface area contributed by atoms with Crippen LogP contribution >= 0.6 is 31.9 Å². The number of sulfonamides is 2. The summed E-state index contributed by atoms with van der Waals surface area (Å²) in [7, 11) is -4.99. The Morgan fingerprint density at radius 2 is 1.32 bits per heavy atom. The van der Waals surface area contributed by atoms with Gasteiger partial charge in [-0.15, -0.1) is 0 Å². The van der Waals surface area contributed by atoms with Crippen molar-refractivity contribution in [3.05, 3.63) is 45.3 Å². The van der Waals surface area contributed by atoms with Crippen LogP contribution in [0, 0.1) is 0 Å². The third kappa shape index (κ3) is 4.79. The normalized spacial score (nSPS) is 18.7. The molecule has 0 N–H and O–H groups in total. The first kappa shape index (κ1) is 24.5. The highest BCUT2D eigenvalue weighted by molar-refractivity contribution is 9.10. The minimum atomic E-state index is -3.90. The third-order valence-electron chi connectivity index (χ3n) is 4.99. The van der Waals surface area contributed by atoms with Crippen LogP contribution in [0.25, 0.3) is 0 Å². The Hall–Kier alpha value is -1.18. The minimum Gasteiger partial charge on any atom is -0.495 e. The molecular weight excluding hydrogens is 576 g/mol. The second-order valence-corrected chi connectivity index (χ2v) is 12.5. The lowest BCUT2D eigenvalue weighted by Crippen LogP contribution is -2.55. The average molecular weight is 598 g/mol. The summed E-state index contributed by atoms with van der Waals surface area (Å²) in [6.45, 7) is 1.71. The van der Waals surface area contributed by atoms with Crippen molar-refractivity contribution in [3.8, 4) is 11.5 Å². The monoisotopic (exact) mass is 596 g/mol. The van der Waals surface area contributed by atoms with Crippen molar-refractivity contribution in [3.63, 3.8) is 0 Å². The van der Waals surface area contributed by atoms with E-state index in [0.717, 1.165) is 0 Å². The van der Waals surface area contributed by atoms with Gasteiger partial charge >= 0.3 is 0 Å². The van der Waals surface area contributed by atoms with Crippen molar-refractivity contribution < 1.29 is 26.3 Å². The lowest BCUT2D eigenvalue weighted by atomic mass is 10.3. The Morgan fingerprint density at radius 3 is 1.77 bits per heavy atom. The molecule has 0 bridgehead atoms. The van der Waals surface area contributed by atoms with E-state index in [0.29, 0.717) is 8.95 Å². The second kappa shape index (κ2) is 9.36. The number of ether oxygens (including phenoxy) is 2. The molecule has 0 saturated carbocycles. The van der Waals surface area contributed by atoms with Crippen LogP contribution in [0.5, 0.6) is 11.5 Å². The number of hydrogen-bond donors (Lipinski definition) is 0. The molecule has 0 aliphatic carbocycles. The molecule has 0 aromatic heterocycles. The molecule has 2 aromatic rings. The molecular formula is C19H22Br2N2O6S2. The highest BCUT2D eigenvalue weighted by Gasteiger charge is 2.40. The predicted octanol–water partition coefficient (Wildman–Crippen LogP) is 3.31. The molecule has 12 heteroatoms. The highest BCUT2D eigenvalue weighted by atomic mass is 79.9. The molecule has 2 aromatic carbocycles. The summed E-state index contributed by atoms with van der Waals surface area (Å²) < 4.78 is 67.4. The quantitative estimate of drug-likeness (QED) is 0.507. The molecule has 1 aliphatic rings. The Morgan fingerprint density at radius 1 is 0.839 bits per heavy atom. The van der Waals surface area contributed by atoms with Crippen molar-refractivity contribution >= 4 is 51.9 Å². The van der Waals surface area contributed by atoms with E-state index in [1.807, 2.05) is 0 Å². The molecule has 1 heterocycles. The summed E-state index contributed by atoms with van der Waals surface area (Å²) in [5.74, 6) is 0.453. The SMILES string of the molecule is COc1ccc(Br)cc1S(=O)(=O)N1CCN(S(=O)(=O)c2cc(Br)ccc2OC)[C@@H](C)C1. The predicted molar refractivity (Wildman–Crippen MR) is 124 cm³/mol. The zero-order valence-electron chi connectivity index (χ0n) is 17.1. The number of rotatable bonds is 6.